The first-order valence-corrected chi connectivity index (χ1v) is 8.87. The van der Waals surface area contributed by atoms with Gasteiger partial charge in [0, 0.05) is 25.7 Å². The van der Waals surface area contributed by atoms with Crippen LogP contribution in [0, 0.1) is 11.8 Å². The molecule has 0 spiro atoms. The number of hydrogen-bond acceptors (Lipinski definition) is 3. The van der Waals surface area contributed by atoms with E-state index in [1.54, 1.807) is 0 Å². The fourth-order valence-electron chi connectivity index (χ4n) is 3.95. The first-order chi connectivity index (χ1) is 9.83. The summed E-state index contributed by atoms with van der Waals surface area (Å²) >= 11 is 0. The predicted molar refractivity (Wildman–Crippen MR) is 85.1 cm³/mol. The van der Waals surface area contributed by atoms with E-state index in [0.29, 0.717) is 0 Å². The first-order valence-electron chi connectivity index (χ1n) is 8.87. The molecule has 1 aliphatic heterocycles. The molecule has 0 aromatic carbocycles. The van der Waals surface area contributed by atoms with Crippen molar-refractivity contribution in [3.05, 3.63) is 0 Å². The van der Waals surface area contributed by atoms with Crippen LogP contribution in [0.1, 0.15) is 52.4 Å². The molecule has 1 N–H and O–H groups in total. The summed E-state index contributed by atoms with van der Waals surface area (Å²) in [4.78, 5) is 2.63. The summed E-state index contributed by atoms with van der Waals surface area (Å²) in [5.74, 6) is 1.83. The Labute approximate surface area is 125 Å². The molecule has 118 valence electrons. The lowest BCUT2D eigenvalue weighted by atomic mass is 9.76. The summed E-state index contributed by atoms with van der Waals surface area (Å²) in [6.45, 7) is 11.2. The van der Waals surface area contributed by atoms with Crippen LogP contribution in [0.15, 0.2) is 0 Å². The number of nitrogens with one attached hydrogen (secondary N) is 1. The van der Waals surface area contributed by atoms with Gasteiger partial charge in [0.05, 0.1) is 13.2 Å². The lowest BCUT2D eigenvalue weighted by molar-refractivity contribution is 0.0210. The van der Waals surface area contributed by atoms with Crippen LogP contribution in [0.5, 0.6) is 0 Å². The van der Waals surface area contributed by atoms with Crippen LogP contribution in [0.2, 0.25) is 0 Å². The summed E-state index contributed by atoms with van der Waals surface area (Å²) in [7, 11) is 0. The van der Waals surface area contributed by atoms with Crippen molar-refractivity contribution in [2.75, 3.05) is 39.4 Å². The molecule has 1 saturated carbocycles. The quantitative estimate of drug-likeness (QED) is 0.777. The highest BCUT2D eigenvalue weighted by molar-refractivity contribution is 4.87. The van der Waals surface area contributed by atoms with Gasteiger partial charge in [-0.05, 0) is 44.1 Å². The molecule has 0 aromatic rings. The van der Waals surface area contributed by atoms with Gasteiger partial charge in [-0.3, -0.25) is 4.90 Å². The van der Waals surface area contributed by atoms with Gasteiger partial charge in [-0.2, -0.15) is 0 Å². The summed E-state index contributed by atoms with van der Waals surface area (Å²) in [6.07, 6.45) is 8.29. The highest BCUT2D eigenvalue weighted by Gasteiger charge is 2.31. The lowest BCUT2D eigenvalue weighted by Crippen LogP contribution is -2.48. The molecular weight excluding hydrogens is 248 g/mol. The largest absolute Gasteiger partial charge is 0.379 e. The molecule has 3 nitrogen and oxygen atoms in total. The molecular formula is C17H34N2O. The van der Waals surface area contributed by atoms with E-state index in [0.717, 1.165) is 44.2 Å². The van der Waals surface area contributed by atoms with Crippen molar-refractivity contribution >= 4 is 0 Å². The zero-order chi connectivity index (χ0) is 14.2. The number of nitrogens with zero attached hydrogens (tertiary/aromatic N) is 1. The van der Waals surface area contributed by atoms with Crippen molar-refractivity contribution in [1.29, 1.82) is 0 Å². The van der Waals surface area contributed by atoms with Crippen LogP contribution in [-0.4, -0.2) is 50.3 Å². The van der Waals surface area contributed by atoms with E-state index < -0.39 is 0 Å². The molecule has 3 atom stereocenters. The Bertz CT molecular complexity index is 253. The third-order valence-corrected chi connectivity index (χ3v) is 5.04. The van der Waals surface area contributed by atoms with Gasteiger partial charge in [0.15, 0.2) is 0 Å². The minimum Gasteiger partial charge on any atom is -0.379 e. The maximum Gasteiger partial charge on any atom is 0.0594 e. The first kappa shape index (κ1) is 16.3. The monoisotopic (exact) mass is 282 g/mol. The second-order valence-electron chi connectivity index (χ2n) is 6.70. The van der Waals surface area contributed by atoms with Crippen LogP contribution < -0.4 is 5.32 Å². The fraction of sp³-hybridized carbons (Fsp3) is 1.00. The Morgan fingerprint density at radius 2 is 1.90 bits per heavy atom. The van der Waals surface area contributed by atoms with E-state index in [1.165, 1.54) is 51.6 Å². The predicted octanol–water partition coefficient (Wildman–Crippen LogP) is 2.90. The van der Waals surface area contributed by atoms with Crippen LogP contribution >= 0.6 is 0 Å². The van der Waals surface area contributed by atoms with Crippen LogP contribution in [0.25, 0.3) is 0 Å². The smallest absolute Gasteiger partial charge is 0.0594 e. The number of ether oxygens (including phenoxy) is 1. The number of rotatable bonds is 7. The van der Waals surface area contributed by atoms with Gasteiger partial charge in [-0.25, -0.2) is 0 Å². The minimum absolute atomic E-state index is 0.755. The average molecular weight is 282 g/mol. The van der Waals surface area contributed by atoms with Gasteiger partial charge in [-0.15, -0.1) is 0 Å². The second kappa shape index (κ2) is 9.01. The maximum absolute atomic E-state index is 5.48. The highest BCUT2D eigenvalue weighted by Crippen LogP contribution is 2.33. The molecule has 20 heavy (non-hydrogen) atoms. The molecule has 2 fully saturated rings. The van der Waals surface area contributed by atoms with Gasteiger partial charge < -0.3 is 10.1 Å². The highest BCUT2D eigenvalue weighted by atomic mass is 16.5. The Morgan fingerprint density at radius 3 is 2.60 bits per heavy atom. The standard InChI is InChI=1S/C17H34N2O/c1-3-5-15-6-7-17(18-8-4-2)16(13-15)14-19-9-11-20-12-10-19/h15-18H,3-14H2,1-2H3. The van der Waals surface area contributed by atoms with Crippen molar-refractivity contribution in [3.63, 3.8) is 0 Å². The van der Waals surface area contributed by atoms with E-state index in [9.17, 15) is 0 Å². The Hall–Kier alpha value is -0.120. The van der Waals surface area contributed by atoms with Crippen LogP contribution in [0.3, 0.4) is 0 Å². The van der Waals surface area contributed by atoms with Crippen molar-refractivity contribution in [3.8, 4) is 0 Å². The molecule has 2 rings (SSSR count). The van der Waals surface area contributed by atoms with Gasteiger partial charge in [0.1, 0.15) is 0 Å². The number of morpholine rings is 1. The zero-order valence-corrected chi connectivity index (χ0v) is 13.6. The minimum atomic E-state index is 0.755. The van der Waals surface area contributed by atoms with E-state index in [2.05, 4.69) is 24.1 Å². The molecule has 0 bridgehead atoms. The third kappa shape index (κ3) is 5.01. The molecule has 0 radical (unpaired) electrons. The Balaban J connectivity index is 1.86. The normalized spacial score (nSPS) is 32.4. The Morgan fingerprint density at radius 1 is 1.10 bits per heavy atom. The molecule has 3 heteroatoms. The topological polar surface area (TPSA) is 24.5 Å². The molecule has 3 unspecified atom stereocenters. The maximum atomic E-state index is 5.48. The van der Waals surface area contributed by atoms with Gasteiger partial charge in [-0.1, -0.05) is 26.7 Å². The number of hydrogen-bond donors (Lipinski definition) is 1. The van der Waals surface area contributed by atoms with Crippen LogP contribution in [0.4, 0.5) is 0 Å². The second-order valence-corrected chi connectivity index (χ2v) is 6.70. The van der Waals surface area contributed by atoms with E-state index >= 15 is 0 Å². The summed E-state index contributed by atoms with van der Waals surface area (Å²) in [5, 5.41) is 3.82. The third-order valence-electron chi connectivity index (χ3n) is 5.04. The van der Waals surface area contributed by atoms with E-state index in [-0.39, 0.29) is 0 Å². The molecule has 2 aliphatic rings. The van der Waals surface area contributed by atoms with Gasteiger partial charge in [0.25, 0.3) is 0 Å². The molecule has 0 amide bonds. The van der Waals surface area contributed by atoms with Crippen LogP contribution in [-0.2, 0) is 4.74 Å². The summed E-state index contributed by atoms with van der Waals surface area (Å²) in [6, 6.07) is 0.755. The van der Waals surface area contributed by atoms with Gasteiger partial charge in [0.2, 0.25) is 0 Å². The zero-order valence-electron chi connectivity index (χ0n) is 13.6. The van der Waals surface area contributed by atoms with E-state index in [1.807, 2.05) is 0 Å². The SMILES string of the molecule is CCCNC1CCC(CCC)CC1CN1CCOCC1. The Kier molecular flexibility index (Phi) is 7.32. The van der Waals surface area contributed by atoms with Crippen molar-refractivity contribution in [2.24, 2.45) is 11.8 Å². The molecule has 0 aromatic heterocycles. The van der Waals surface area contributed by atoms with Crippen molar-refractivity contribution in [1.82, 2.24) is 10.2 Å². The average Bonchev–Trinajstić information content (AvgIpc) is 2.48. The lowest BCUT2D eigenvalue weighted by Gasteiger charge is -2.40. The fourth-order valence-corrected chi connectivity index (χ4v) is 3.95. The van der Waals surface area contributed by atoms with E-state index in [4.69, 9.17) is 4.74 Å². The molecule has 1 heterocycles. The molecule has 1 saturated heterocycles. The molecule has 1 aliphatic carbocycles. The summed E-state index contributed by atoms with van der Waals surface area (Å²) in [5.41, 5.74) is 0. The van der Waals surface area contributed by atoms with Crippen molar-refractivity contribution in [2.45, 2.75) is 58.4 Å². The van der Waals surface area contributed by atoms with Crippen molar-refractivity contribution < 1.29 is 4.74 Å². The summed E-state index contributed by atoms with van der Waals surface area (Å²) < 4.78 is 5.48. The van der Waals surface area contributed by atoms with Gasteiger partial charge >= 0.3 is 0 Å².